The first-order valence-electron chi connectivity index (χ1n) is 15.2. The highest BCUT2D eigenvalue weighted by molar-refractivity contribution is 7.48. The van der Waals surface area contributed by atoms with Crippen LogP contribution in [0.2, 0.25) is 0 Å². The molecule has 0 bridgehead atoms. The van der Waals surface area contributed by atoms with Crippen LogP contribution in [0.5, 0.6) is 0 Å². The van der Waals surface area contributed by atoms with Crippen molar-refractivity contribution in [3.05, 3.63) is 0 Å². The summed E-state index contributed by atoms with van der Waals surface area (Å²) in [5, 5.41) is 62.5. The zero-order valence-corrected chi connectivity index (χ0v) is 27.0. The second-order valence-corrected chi connectivity index (χ2v) is 13.7. The number of aliphatic hydroxyl groups excluding tert-OH is 6. The van der Waals surface area contributed by atoms with E-state index in [1.54, 1.807) is 6.92 Å². The highest BCUT2D eigenvalue weighted by atomic mass is 31.2. The van der Waals surface area contributed by atoms with E-state index in [-0.39, 0.29) is 19.8 Å². The summed E-state index contributed by atoms with van der Waals surface area (Å²) in [6, 6.07) is 0. The van der Waals surface area contributed by atoms with Gasteiger partial charge in [0.15, 0.2) is 12.6 Å². The number of hydrogen-bond donors (Lipinski definition) is 6. The molecule has 0 aliphatic carbocycles. The van der Waals surface area contributed by atoms with Gasteiger partial charge >= 0.3 is 7.82 Å². The maximum Gasteiger partial charge on any atom is 0.475 e. The van der Waals surface area contributed by atoms with Crippen molar-refractivity contribution in [2.24, 2.45) is 0 Å². The van der Waals surface area contributed by atoms with Crippen LogP contribution in [-0.2, 0) is 37.1 Å². The van der Waals surface area contributed by atoms with Gasteiger partial charge in [-0.15, -0.1) is 0 Å². The molecule has 2 aliphatic heterocycles. The third kappa shape index (κ3) is 12.8. The normalized spacial score (nSPS) is 35.1. The largest absolute Gasteiger partial charge is 0.475 e. The molecule has 1 unspecified atom stereocenters. The van der Waals surface area contributed by atoms with Gasteiger partial charge in [0.05, 0.1) is 41.0 Å². The van der Waals surface area contributed by atoms with Gasteiger partial charge in [-0.05, 0) is 13.3 Å². The first-order chi connectivity index (χ1) is 20.2. The van der Waals surface area contributed by atoms with Crippen molar-refractivity contribution >= 4 is 7.82 Å². The molecule has 2 fully saturated rings. The van der Waals surface area contributed by atoms with Crippen molar-refractivity contribution in [1.29, 1.82) is 0 Å². The van der Waals surface area contributed by atoms with Crippen molar-refractivity contribution in [2.75, 3.05) is 60.7 Å². The molecule has 16 heteroatoms. The molecule has 0 saturated carbocycles. The lowest BCUT2D eigenvalue weighted by atomic mass is 9.98. The Morgan fingerprint density at radius 3 is 1.72 bits per heavy atom. The maximum absolute atomic E-state index is 13.0. The fourth-order valence-electron chi connectivity index (χ4n) is 4.52. The number of phosphoric acid groups is 1. The van der Waals surface area contributed by atoms with Gasteiger partial charge in [-0.1, -0.05) is 39.0 Å². The van der Waals surface area contributed by atoms with E-state index in [2.05, 4.69) is 6.92 Å². The standard InChI is InChI=1S/C27H55NO14P/c1-6-8-9-10-11-12-14-36-26-24(33)22(31)20(29)18(41-26)16-37-27-25(34)23(32)21(30)19(42-27)17-40-43(35,38-7-2)39-15-13-28(3,4)5/h18-27,29-34H,6-17H2,1-5H3/q+1/t18-,19-,20+,21+,22+,23+,24-,25-,26-,27-,43?/m1/s1. The molecule has 6 N–H and O–H groups in total. The molecule has 0 aromatic carbocycles. The van der Waals surface area contributed by atoms with Crippen LogP contribution in [0.4, 0.5) is 0 Å². The Kier molecular flexibility index (Phi) is 16.9. The summed E-state index contributed by atoms with van der Waals surface area (Å²) in [5.74, 6) is 0. The average molecular weight is 649 g/mol. The number of quaternary nitrogens is 1. The Morgan fingerprint density at radius 1 is 0.628 bits per heavy atom. The van der Waals surface area contributed by atoms with Gasteiger partial charge < -0.3 is 54.1 Å². The van der Waals surface area contributed by atoms with E-state index in [1.165, 1.54) is 6.42 Å². The zero-order chi connectivity index (χ0) is 32.2. The summed E-state index contributed by atoms with van der Waals surface area (Å²) in [6.07, 6.45) is -8.77. The molecule has 11 atom stereocenters. The van der Waals surface area contributed by atoms with Crippen LogP contribution in [0, 0.1) is 0 Å². The lowest BCUT2D eigenvalue weighted by Crippen LogP contribution is -2.61. The Hall–Kier alpha value is -0.330. The molecule has 0 aromatic rings. The summed E-state index contributed by atoms with van der Waals surface area (Å²) in [7, 11) is 1.75. The predicted molar refractivity (Wildman–Crippen MR) is 153 cm³/mol. The van der Waals surface area contributed by atoms with E-state index < -0.39 is 82.4 Å². The number of aliphatic hydroxyl groups is 6. The van der Waals surface area contributed by atoms with Crippen molar-refractivity contribution in [3.8, 4) is 0 Å². The second-order valence-electron chi connectivity index (χ2n) is 12.0. The van der Waals surface area contributed by atoms with Gasteiger partial charge in [-0.3, -0.25) is 13.6 Å². The molecule has 43 heavy (non-hydrogen) atoms. The second kappa shape index (κ2) is 18.7. The number of rotatable bonds is 20. The van der Waals surface area contributed by atoms with Crippen molar-refractivity contribution in [1.82, 2.24) is 0 Å². The summed E-state index contributed by atoms with van der Waals surface area (Å²) < 4.78 is 52.0. The molecule has 0 spiro atoms. The molecule has 0 aromatic heterocycles. The van der Waals surface area contributed by atoms with Crippen molar-refractivity contribution in [2.45, 2.75) is 114 Å². The molecular formula is C27H55NO14P+. The van der Waals surface area contributed by atoms with E-state index in [0.717, 1.165) is 32.1 Å². The highest BCUT2D eigenvalue weighted by Crippen LogP contribution is 2.49. The van der Waals surface area contributed by atoms with Gasteiger partial charge in [0.1, 0.15) is 62.0 Å². The molecule has 2 saturated heterocycles. The first-order valence-corrected chi connectivity index (χ1v) is 16.7. The Labute approximate surface area is 254 Å². The van der Waals surface area contributed by atoms with Crippen LogP contribution in [0.25, 0.3) is 0 Å². The fourth-order valence-corrected chi connectivity index (χ4v) is 5.69. The summed E-state index contributed by atoms with van der Waals surface area (Å²) >= 11 is 0. The number of phosphoric ester groups is 1. The molecule has 0 amide bonds. The monoisotopic (exact) mass is 648 g/mol. The lowest BCUT2D eigenvalue weighted by molar-refractivity contribution is -0.870. The maximum atomic E-state index is 13.0. The molecule has 0 radical (unpaired) electrons. The van der Waals surface area contributed by atoms with E-state index >= 15 is 0 Å². The quantitative estimate of drug-likeness (QED) is 0.0579. The van der Waals surface area contributed by atoms with Gasteiger partial charge in [0.2, 0.25) is 0 Å². The number of hydrogen-bond acceptors (Lipinski definition) is 14. The van der Waals surface area contributed by atoms with Crippen LogP contribution in [-0.4, -0.2) is 157 Å². The van der Waals surface area contributed by atoms with Gasteiger partial charge in [0.25, 0.3) is 0 Å². The van der Waals surface area contributed by atoms with Gasteiger partial charge in [-0.2, -0.15) is 0 Å². The Morgan fingerprint density at radius 2 is 1.16 bits per heavy atom. The molecule has 2 aliphatic rings. The Balaban J connectivity index is 1.94. The summed E-state index contributed by atoms with van der Waals surface area (Å²) in [5.41, 5.74) is 0. The van der Waals surface area contributed by atoms with Crippen LogP contribution in [0.1, 0.15) is 52.4 Å². The van der Waals surface area contributed by atoms with Crippen LogP contribution < -0.4 is 0 Å². The molecule has 256 valence electrons. The lowest BCUT2D eigenvalue weighted by Gasteiger charge is -2.43. The summed E-state index contributed by atoms with van der Waals surface area (Å²) in [6.45, 7) is 3.65. The minimum absolute atomic E-state index is 0.0245. The zero-order valence-electron chi connectivity index (χ0n) is 26.1. The number of likely N-dealkylation sites (N-methyl/N-ethyl adjacent to an activating group) is 1. The topological polar surface area (TPSA) is 203 Å². The Bertz CT molecular complexity index is 819. The number of unbranched alkanes of at least 4 members (excludes halogenated alkanes) is 5. The smallest absolute Gasteiger partial charge is 0.387 e. The summed E-state index contributed by atoms with van der Waals surface area (Å²) in [4.78, 5) is 0. The predicted octanol–water partition coefficient (Wildman–Crippen LogP) is -0.121. The average Bonchev–Trinajstić information content (AvgIpc) is 2.94. The minimum atomic E-state index is -4.04. The molecule has 2 heterocycles. The third-order valence-corrected chi connectivity index (χ3v) is 8.78. The highest BCUT2D eigenvalue weighted by Gasteiger charge is 2.48. The molecule has 2 rings (SSSR count). The first kappa shape index (κ1) is 38.9. The van der Waals surface area contributed by atoms with E-state index in [0.29, 0.717) is 11.0 Å². The van der Waals surface area contributed by atoms with E-state index in [9.17, 15) is 35.2 Å². The van der Waals surface area contributed by atoms with Crippen LogP contribution >= 0.6 is 7.82 Å². The van der Waals surface area contributed by atoms with Crippen LogP contribution in [0.3, 0.4) is 0 Å². The van der Waals surface area contributed by atoms with Gasteiger partial charge in [0, 0.05) is 6.61 Å². The third-order valence-electron chi connectivity index (χ3n) is 7.24. The number of nitrogens with zero attached hydrogens (tertiary/aromatic N) is 1. The van der Waals surface area contributed by atoms with Gasteiger partial charge in [-0.25, -0.2) is 4.57 Å². The van der Waals surface area contributed by atoms with E-state index in [1.807, 2.05) is 21.1 Å². The van der Waals surface area contributed by atoms with Crippen LogP contribution in [0.15, 0.2) is 0 Å². The van der Waals surface area contributed by atoms with Crippen molar-refractivity contribution < 1.29 is 72.2 Å². The number of ether oxygens (including phenoxy) is 4. The molecule has 15 nitrogen and oxygen atoms in total. The SMILES string of the molecule is CCCCCCCCO[C@@H]1O[C@H](CO[C@@H]2O[C@H](COP(=O)(OCC)OCC[N+](C)(C)C)[C@H](O)[C@H](O)[C@H]2O)[C@H](O)[C@H](O)[C@H]1O. The van der Waals surface area contributed by atoms with E-state index in [4.69, 9.17) is 32.5 Å². The minimum Gasteiger partial charge on any atom is -0.387 e. The molecular weight excluding hydrogens is 593 g/mol. The fraction of sp³-hybridized carbons (Fsp3) is 1.00. The van der Waals surface area contributed by atoms with Crippen molar-refractivity contribution in [3.63, 3.8) is 0 Å².